The van der Waals surface area contributed by atoms with Crippen LogP contribution in [-0.2, 0) is 16.0 Å². The summed E-state index contributed by atoms with van der Waals surface area (Å²) in [5.41, 5.74) is 12.0. The molecule has 2 saturated heterocycles. The van der Waals surface area contributed by atoms with Gasteiger partial charge >= 0.3 is 0 Å². The standard InChI is InChI=1S/C21H29N5O2/c1-11-7-12(2)19-15(8-11)14(13(3)23-19)9-18(27)26-6-5-17-16(10-26)20(25-24-17)21(28)22-4/h7-8,16-17,20,23-25H,5-6,9-10H2,1-4H3,(H,22,28). The van der Waals surface area contributed by atoms with Gasteiger partial charge in [0.05, 0.1) is 6.42 Å². The van der Waals surface area contributed by atoms with Gasteiger partial charge < -0.3 is 15.2 Å². The third kappa shape index (κ3) is 3.18. The Morgan fingerprint density at radius 2 is 2.00 bits per heavy atom. The molecule has 0 aliphatic carbocycles. The number of H-pyrrole nitrogens is 1. The smallest absolute Gasteiger partial charge is 0.238 e. The van der Waals surface area contributed by atoms with Crippen LogP contribution in [0.2, 0.25) is 0 Å². The van der Waals surface area contributed by atoms with E-state index in [2.05, 4.69) is 47.1 Å². The Morgan fingerprint density at radius 3 is 2.75 bits per heavy atom. The Morgan fingerprint density at radius 1 is 1.21 bits per heavy atom. The number of fused-ring (bicyclic) bond motifs is 2. The van der Waals surface area contributed by atoms with E-state index in [9.17, 15) is 9.59 Å². The van der Waals surface area contributed by atoms with Crippen molar-refractivity contribution in [1.29, 1.82) is 0 Å². The highest BCUT2D eigenvalue weighted by Crippen LogP contribution is 2.29. The minimum atomic E-state index is -0.300. The number of carbonyl (C=O) groups excluding carboxylic acids is 2. The molecule has 3 unspecified atom stereocenters. The summed E-state index contributed by atoms with van der Waals surface area (Å²) < 4.78 is 0. The minimum Gasteiger partial charge on any atom is -0.358 e. The number of likely N-dealkylation sites (tertiary alicyclic amines) is 1. The maximum absolute atomic E-state index is 13.1. The molecule has 4 N–H and O–H groups in total. The van der Waals surface area contributed by atoms with Crippen LogP contribution < -0.4 is 16.2 Å². The van der Waals surface area contributed by atoms with E-state index in [0.29, 0.717) is 19.5 Å². The summed E-state index contributed by atoms with van der Waals surface area (Å²) in [7, 11) is 1.65. The average molecular weight is 383 g/mol. The van der Waals surface area contributed by atoms with Gasteiger partial charge in [-0.15, -0.1) is 0 Å². The number of nitrogens with one attached hydrogen (secondary N) is 4. The molecule has 2 fully saturated rings. The summed E-state index contributed by atoms with van der Waals surface area (Å²) >= 11 is 0. The largest absolute Gasteiger partial charge is 0.358 e. The van der Waals surface area contributed by atoms with Gasteiger partial charge in [-0.2, -0.15) is 0 Å². The molecule has 1 aromatic heterocycles. The molecular formula is C21H29N5O2. The van der Waals surface area contributed by atoms with Crippen LogP contribution in [0.3, 0.4) is 0 Å². The van der Waals surface area contributed by atoms with Crippen molar-refractivity contribution >= 4 is 22.7 Å². The molecule has 7 heteroatoms. The summed E-state index contributed by atoms with van der Waals surface area (Å²) in [5.74, 6) is 0.183. The van der Waals surface area contributed by atoms with Crippen LogP contribution in [0.25, 0.3) is 10.9 Å². The van der Waals surface area contributed by atoms with Crippen molar-refractivity contribution in [3.8, 4) is 0 Å². The van der Waals surface area contributed by atoms with Crippen molar-refractivity contribution in [3.05, 3.63) is 34.5 Å². The number of nitrogens with zero attached hydrogens (tertiary/aromatic N) is 1. The zero-order valence-electron chi connectivity index (χ0n) is 17.0. The first-order valence-corrected chi connectivity index (χ1v) is 9.98. The van der Waals surface area contributed by atoms with Crippen molar-refractivity contribution < 1.29 is 9.59 Å². The number of rotatable bonds is 3. The van der Waals surface area contributed by atoms with E-state index in [-0.39, 0.29) is 29.8 Å². The van der Waals surface area contributed by atoms with E-state index in [1.165, 1.54) is 11.1 Å². The number of hydrogen-bond donors (Lipinski definition) is 4. The highest BCUT2D eigenvalue weighted by atomic mass is 16.2. The van der Waals surface area contributed by atoms with Crippen LogP contribution in [0.1, 0.15) is 28.8 Å². The molecule has 4 rings (SSSR count). The zero-order chi connectivity index (χ0) is 20.0. The van der Waals surface area contributed by atoms with Crippen molar-refractivity contribution in [3.63, 3.8) is 0 Å². The Balaban J connectivity index is 1.54. The van der Waals surface area contributed by atoms with E-state index >= 15 is 0 Å². The van der Waals surface area contributed by atoms with E-state index < -0.39 is 0 Å². The lowest BCUT2D eigenvalue weighted by Gasteiger charge is -2.35. The maximum Gasteiger partial charge on any atom is 0.238 e. The fourth-order valence-electron chi connectivity index (χ4n) is 4.77. The Kier molecular flexibility index (Phi) is 4.89. The molecule has 1 aromatic carbocycles. The highest BCUT2D eigenvalue weighted by molar-refractivity contribution is 5.92. The number of benzene rings is 1. The van der Waals surface area contributed by atoms with Crippen molar-refractivity contribution in [2.75, 3.05) is 20.1 Å². The monoisotopic (exact) mass is 383 g/mol. The second-order valence-electron chi connectivity index (χ2n) is 8.19. The predicted molar refractivity (Wildman–Crippen MR) is 109 cm³/mol. The molecule has 7 nitrogen and oxygen atoms in total. The van der Waals surface area contributed by atoms with Crippen molar-refractivity contribution in [2.24, 2.45) is 5.92 Å². The first-order chi connectivity index (χ1) is 13.4. The molecule has 0 spiro atoms. The average Bonchev–Trinajstić information content (AvgIpc) is 3.22. The second-order valence-corrected chi connectivity index (χ2v) is 8.19. The van der Waals surface area contributed by atoms with E-state index in [1.807, 2.05) is 11.8 Å². The van der Waals surface area contributed by atoms with Gasteiger partial charge in [-0.3, -0.25) is 15.0 Å². The first-order valence-electron chi connectivity index (χ1n) is 9.98. The predicted octanol–water partition coefficient (Wildman–Crippen LogP) is 1.08. The molecule has 150 valence electrons. The van der Waals surface area contributed by atoms with Crippen molar-refractivity contribution in [1.82, 2.24) is 26.1 Å². The van der Waals surface area contributed by atoms with Crippen molar-refractivity contribution in [2.45, 2.75) is 45.7 Å². The number of carbonyl (C=O) groups is 2. The number of piperidine rings is 1. The van der Waals surface area contributed by atoms with Gasteiger partial charge in [-0.25, -0.2) is 5.43 Å². The molecule has 2 aliphatic rings. The molecule has 2 aliphatic heterocycles. The summed E-state index contributed by atoms with van der Waals surface area (Å²) in [6.45, 7) is 7.54. The molecule has 28 heavy (non-hydrogen) atoms. The molecule has 3 atom stereocenters. The SMILES string of the molecule is CNC(=O)C1NNC2CCN(C(=O)Cc3c(C)[nH]c4c(C)cc(C)cc34)CC21. The number of aromatic amines is 1. The van der Waals surface area contributed by atoms with Crippen LogP contribution in [0.4, 0.5) is 0 Å². The summed E-state index contributed by atoms with van der Waals surface area (Å²) in [5, 5.41) is 3.85. The van der Waals surface area contributed by atoms with Crippen LogP contribution >= 0.6 is 0 Å². The van der Waals surface area contributed by atoms with Gasteiger partial charge in [0.1, 0.15) is 6.04 Å². The summed E-state index contributed by atoms with van der Waals surface area (Å²) in [6.07, 6.45) is 1.24. The number of aryl methyl sites for hydroxylation is 3. The van der Waals surface area contributed by atoms with Crippen LogP contribution in [0.5, 0.6) is 0 Å². The maximum atomic E-state index is 13.1. The first kappa shape index (κ1) is 19.0. The molecule has 0 bridgehead atoms. The van der Waals surface area contributed by atoms with Gasteiger partial charge in [0, 0.05) is 48.7 Å². The normalized spacial score (nSPS) is 24.4. The lowest BCUT2D eigenvalue weighted by atomic mass is 9.87. The van der Waals surface area contributed by atoms with E-state index in [4.69, 9.17) is 0 Å². The molecule has 2 aromatic rings. The van der Waals surface area contributed by atoms with Crippen LogP contribution in [0, 0.1) is 26.7 Å². The molecule has 2 amide bonds. The van der Waals surface area contributed by atoms with Crippen LogP contribution in [0.15, 0.2) is 12.1 Å². The van der Waals surface area contributed by atoms with Gasteiger partial charge in [0.15, 0.2) is 0 Å². The number of amides is 2. The Bertz CT molecular complexity index is 935. The van der Waals surface area contributed by atoms with Gasteiger partial charge in [0.25, 0.3) is 0 Å². The van der Waals surface area contributed by atoms with Gasteiger partial charge in [-0.1, -0.05) is 11.6 Å². The second kappa shape index (κ2) is 7.22. The topological polar surface area (TPSA) is 89.3 Å². The molecule has 0 saturated carbocycles. The number of hydrogen-bond acceptors (Lipinski definition) is 4. The molecule has 0 radical (unpaired) electrons. The fraction of sp³-hybridized carbons (Fsp3) is 0.524. The van der Waals surface area contributed by atoms with E-state index in [0.717, 1.165) is 28.6 Å². The minimum absolute atomic E-state index is 0.0345. The Hall–Kier alpha value is -2.38. The lowest BCUT2D eigenvalue weighted by Crippen LogP contribution is -2.51. The quantitative estimate of drug-likeness (QED) is 0.639. The van der Waals surface area contributed by atoms with E-state index in [1.54, 1.807) is 7.05 Å². The molecule has 3 heterocycles. The van der Waals surface area contributed by atoms with Gasteiger partial charge in [-0.05, 0) is 44.4 Å². The highest BCUT2D eigenvalue weighted by Gasteiger charge is 2.43. The third-order valence-electron chi connectivity index (χ3n) is 6.29. The number of hydrazine groups is 1. The number of aromatic nitrogens is 1. The third-order valence-corrected chi connectivity index (χ3v) is 6.29. The van der Waals surface area contributed by atoms with Gasteiger partial charge in [0.2, 0.25) is 11.8 Å². The lowest BCUT2D eigenvalue weighted by molar-refractivity contribution is -0.133. The fourth-order valence-corrected chi connectivity index (χ4v) is 4.77. The number of likely N-dealkylation sites (N-methyl/N-ethyl adjacent to an activating group) is 1. The summed E-state index contributed by atoms with van der Waals surface area (Å²) in [6, 6.07) is 4.25. The van der Waals surface area contributed by atoms with Crippen LogP contribution in [-0.4, -0.2) is 53.9 Å². The molecular weight excluding hydrogens is 354 g/mol. The summed E-state index contributed by atoms with van der Waals surface area (Å²) in [4.78, 5) is 30.6. The Labute approximate surface area is 165 Å². The zero-order valence-corrected chi connectivity index (χ0v) is 17.0.